The largest absolute Gasteiger partial charge is 0.497 e. The number of carbonyl (C=O) groups is 3. The van der Waals surface area contributed by atoms with E-state index in [9.17, 15) is 14.4 Å². The Balaban J connectivity index is 1.91. The summed E-state index contributed by atoms with van der Waals surface area (Å²) >= 11 is 0. The van der Waals surface area contributed by atoms with Crippen LogP contribution in [0, 0.1) is 0 Å². The van der Waals surface area contributed by atoms with E-state index in [2.05, 4.69) is 21.2 Å². The zero-order valence-electron chi connectivity index (χ0n) is 18.4. The number of amides is 3. The molecule has 10 nitrogen and oxygen atoms in total. The first-order chi connectivity index (χ1) is 15.4. The molecule has 0 aromatic heterocycles. The fraction of sp³-hybridized carbons (Fsp3) is 0.273. The van der Waals surface area contributed by atoms with E-state index >= 15 is 0 Å². The number of hydrogen-bond acceptors (Lipinski definition) is 7. The Morgan fingerprint density at radius 2 is 1.62 bits per heavy atom. The van der Waals surface area contributed by atoms with Gasteiger partial charge in [-0.25, -0.2) is 5.43 Å². The Morgan fingerprint density at radius 3 is 2.31 bits per heavy atom. The minimum Gasteiger partial charge on any atom is -0.497 e. The third-order valence-electron chi connectivity index (χ3n) is 4.09. The van der Waals surface area contributed by atoms with Gasteiger partial charge in [0.05, 0.1) is 38.6 Å². The summed E-state index contributed by atoms with van der Waals surface area (Å²) < 4.78 is 15.7. The van der Waals surface area contributed by atoms with Crippen molar-refractivity contribution in [2.75, 3.05) is 31.5 Å². The van der Waals surface area contributed by atoms with Crippen LogP contribution in [0.5, 0.6) is 17.2 Å². The monoisotopic (exact) mass is 442 g/mol. The van der Waals surface area contributed by atoms with E-state index in [1.807, 2.05) is 6.92 Å². The van der Waals surface area contributed by atoms with Crippen molar-refractivity contribution in [2.45, 2.75) is 20.3 Å². The smallest absolute Gasteiger partial charge is 0.329 e. The van der Waals surface area contributed by atoms with Gasteiger partial charge in [0.1, 0.15) is 17.2 Å². The molecule has 2 rings (SSSR count). The molecule has 0 fully saturated rings. The summed E-state index contributed by atoms with van der Waals surface area (Å²) in [6.07, 6.45) is -0.0886. The molecule has 0 bridgehead atoms. The lowest BCUT2D eigenvalue weighted by Gasteiger charge is -2.11. The molecule has 3 N–H and O–H groups in total. The second-order valence-corrected chi connectivity index (χ2v) is 6.46. The molecular formula is C22H26N4O6. The minimum absolute atomic E-state index is 0.0886. The van der Waals surface area contributed by atoms with Crippen molar-refractivity contribution in [2.24, 2.45) is 5.10 Å². The van der Waals surface area contributed by atoms with Gasteiger partial charge in [-0.1, -0.05) is 12.1 Å². The van der Waals surface area contributed by atoms with Crippen LogP contribution >= 0.6 is 0 Å². The molecule has 0 atom stereocenters. The average molecular weight is 442 g/mol. The maximum atomic E-state index is 12.3. The van der Waals surface area contributed by atoms with Gasteiger partial charge in [-0.3, -0.25) is 14.4 Å². The van der Waals surface area contributed by atoms with Crippen LogP contribution < -0.4 is 30.3 Å². The van der Waals surface area contributed by atoms with Gasteiger partial charge in [0.25, 0.3) is 0 Å². The molecule has 3 amide bonds. The van der Waals surface area contributed by atoms with Crippen molar-refractivity contribution < 1.29 is 28.6 Å². The van der Waals surface area contributed by atoms with E-state index in [1.165, 1.54) is 14.2 Å². The number of ether oxygens (including phenoxy) is 3. The summed E-state index contributed by atoms with van der Waals surface area (Å²) in [5.41, 5.74) is 3.26. The maximum absolute atomic E-state index is 12.3. The highest BCUT2D eigenvalue weighted by atomic mass is 16.5. The van der Waals surface area contributed by atoms with Crippen LogP contribution in [0.4, 0.5) is 11.4 Å². The molecule has 10 heteroatoms. The molecule has 32 heavy (non-hydrogen) atoms. The summed E-state index contributed by atoms with van der Waals surface area (Å²) in [6.45, 7) is 3.86. The van der Waals surface area contributed by atoms with Crippen LogP contribution in [0.1, 0.15) is 20.3 Å². The van der Waals surface area contributed by atoms with Crippen molar-refractivity contribution >= 4 is 34.8 Å². The number of benzene rings is 2. The minimum atomic E-state index is -0.996. The van der Waals surface area contributed by atoms with Crippen LogP contribution in [0.2, 0.25) is 0 Å². The molecule has 0 aliphatic heterocycles. The van der Waals surface area contributed by atoms with E-state index in [1.54, 1.807) is 49.4 Å². The number of methoxy groups -OCH3 is 2. The van der Waals surface area contributed by atoms with E-state index in [0.717, 1.165) is 0 Å². The van der Waals surface area contributed by atoms with Crippen LogP contribution in [-0.2, 0) is 14.4 Å². The van der Waals surface area contributed by atoms with Gasteiger partial charge >= 0.3 is 11.8 Å². The Morgan fingerprint density at radius 1 is 0.906 bits per heavy atom. The summed E-state index contributed by atoms with van der Waals surface area (Å²) in [6, 6.07) is 11.8. The van der Waals surface area contributed by atoms with Crippen molar-refractivity contribution in [3.05, 3.63) is 42.5 Å². The fourth-order valence-corrected chi connectivity index (χ4v) is 2.60. The molecule has 0 saturated carbocycles. The third-order valence-corrected chi connectivity index (χ3v) is 4.09. The number of nitrogens with one attached hydrogen (secondary N) is 3. The SMILES string of the molecule is CCOc1ccccc1NC(=O)CC(C)=NNC(=O)C(=O)Nc1ccc(OC)cc1OC. The molecule has 2 aromatic carbocycles. The lowest BCUT2D eigenvalue weighted by molar-refractivity contribution is -0.136. The quantitative estimate of drug-likeness (QED) is 0.311. The number of nitrogens with zero attached hydrogens (tertiary/aromatic N) is 1. The molecule has 0 unspecified atom stereocenters. The second kappa shape index (κ2) is 11.9. The average Bonchev–Trinajstić information content (AvgIpc) is 2.79. The Hall–Kier alpha value is -4.08. The van der Waals surface area contributed by atoms with E-state index < -0.39 is 11.8 Å². The van der Waals surface area contributed by atoms with Gasteiger partial charge in [-0.15, -0.1) is 0 Å². The summed E-state index contributed by atoms with van der Waals surface area (Å²) in [5, 5.41) is 8.97. The van der Waals surface area contributed by atoms with Crippen LogP contribution in [-0.4, -0.2) is 44.3 Å². The number of hydrogen-bond donors (Lipinski definition) is 3. The third kappa shape index (κ3) is 7.01. The van der Waals surface area contributed by atoms with Crippen LogP contribution in [0.25, 0.3) is 0 Å². The number of anilines is 2. The molecule has 0 spiro atoms. The Labute approximate surface area is 185 Å². The molecule has 170 valence electrons. The summed E-state index contributed by atoms with van der Waals surface area (Å²) in [7, 11) is 2.93. The Bertz CT molecular complexity index is 1010. The lowest BCUT2D eigenvalue weighted by atomic mass is 10.2. The van der Waals surface area contributed by atoms with Gasteiger partial charge in [0.2, 0.25) is 5.91 Å². The van der Waals surface area contributed by atoms with Gasteiger partial charge in [-0.05, 0) is 38.1 Å². The number of para-hydroxylation sites is 2. The zero-order chi connectivity index (χ0) is 23.5. The first kappa shape index (κ1) is 24.2. The second-order valence-electron chi connectivity index (χ2n) is 6.46. The topological polar surface area (TPSA) is 127 Å². The van der Waals surface area contributed by atoms with E-state index in [0.29, 0.717) is 40.9 Å². The van der Waals surface area contributed by atoms with E-state index in [-0.39, 0.29) is 12.3 Å². The molecule has 0 heterocycles. The molecule has 0 aliphatic rings. The normalized spacial score (nSPS) is 10.7. The standard InChI is InChI=1S/C22H26N4O6/c1-5-32-18-9-7-6-8-16(18)23-20(27)12-14(2)25-26-22(29)21(28)24-17-11-10-15(30-3)13-19(17)31-4/h6-11,13H,5,12H2,1-4H3,(H,23,27)(H,24,28)(H,26,29). The van der Waals surface area contributed by atoms with Crippen LogP contribution in [0.3, 0.4) is 0 Å². The number of hydrazone groups is 1. The molecular weight excluding hydrogens is 416 g/mol. The molecule has 0 radical (unpaired) electrons. The van der Waals surface area contributed by atoms with E-state index in [4.69, 9.17) is 14.2 Å². The lowest BCUT2D eigenvalue weighted by Crippen LogP contribution is -2.33. The predicted octanol–water partition coefficient (Wildman–Crippen LogP) is 2.56. The van der Waals surface area contributed by atoms with Crippen molar-refractivity contribution in [1.82, 2.24) is 5.43 Å². The highest BCUT2D eigenvalue weighted by Gasteiger charge is 2.16. The first-order valence-corrected chi connectivity index (χ1v) is 9.76. The fourth-order valence-electron chi connectivity index (χ4n) is 2.60. The van der Waals surface area contributed by atoms with Gasteiger partial charge in [-0.2, -0.15) is 5.10 Å². The van der Waals surface area contributed by atoms with Gasteiger partial charge in [0.15, 0.2) is 0 Å². The first-order valence-electron chi connectivity index (χ1n) is 9.76. The van der Waals surface area contributed by atoms with Crippen molar-refractivity contribution in [3.8, 4) is 17.2 Å². The highest BCUT2D eigenvalue weighted by Crippen LogP contribution is 2.29. The zero-order valence-corrected chi connectivity index (χ0v) is 18.4. The molecule has 2 aromatic rings. The van der Waals surface area contributed by atoms with Crippen molar-refractivity contribution in [1.29, 1.82) is 0 Å². The molecule has 0 aliphatic carbocycles. The maximum Gasteiger partial charge on any atom is 0.329 e. The predicted molar refractivity (Wildman–Crippen MR) is 120 cm³/mol. The number of carbonyl (C=O) groups excluding carboxylic acids is 3. The summed E-state index contributed by atoms with van der Waals surface area (Å²) in [4.78, 5) is 36.5. The molecule has 0 saturated heterocycles. The van der Waals surface area contributed by atoms with Crippen LogP contribution in [0.15, 0.2) is 47.6 Å². The van der Waals surface area contributed by atoms with Gasteiger partial charge < -0.3 is 24.8 Å². The Kier molecular flexibility index (Phi) is 9.03. The number of rotatable bonds is 9. The highest BCUT2D eigenvalue weighted by molar-refractivity contribution is 6.39. The summed E-state index contributed by atoms with van der Waals surface area (Å²) in [5.74, 6) is -0.873. The van der Waals surface area contributed by atoms with Gasteiger partial charge in [0, 0.05) is 11.8 Å². The van der Waals surface area contributed by atoms with Crippen molar-refractivity contribution in [3.63, 3.8) is 0 Å².